The average molecular weight is 513 g/mol. The van der Waals surface area contributed by atoms with Gasteiger partial charge < -0.3 is 5.11 Å². The fourth-order valence-corrected chi connectivity index (χ4v) is 2.84. The summed E-state index contributed by atoms with van der Waals surface area (Å²) < 4.78 is 102. The highest BCUT2D eigenvalue weighted by molar-refractivity contribution is 7.99. The maximum Gasteiger partial charge on any atom is 0.395 e. The summed E-state index contributed by atoms with van der Waals surface area (Å²) in [5.74, 6) is -1.29. The molecule has 0 amide bonds. The number of H-pyrrole nitrogens is 1. The van der Waals surface area contributed by atoms with E-state index >= 15 is 0 Å². The van der Waals surface area contributed by atoms with Crippen LogP contribution >= 0.6 is 46.7 Å². The predicted molar refractivity (Wildman–Crippen MR) is 114 cm³/mol. The van der Waals surface area contributed by atoms with Crippen molar-refractivity contribution in [1.82, 2.24) is 19.9 Å². The van der Waals surface area contributed by atoms with Crippen molar-refractivity contribution >= 4 is 58.1 Å². The first-order valence-corrected chi connectivity index (χ1v) is 9.03. The van der Waals surface area contributed by atoms with Crippen molar-refractivity contribution in [1.29, 1.82) is 0 Å². The number of aromatic hydroxyl groups is 1. The minimum atomic E-state index is -3.32. The Balaban J connectivity index is 0.000000440. The zero-order valence-electron chi connectivity index (χ0n) is 27.8. The lowest BCUT2D eigenvalue weighted by Gasteiger charge is -2.00. The molecule has 30 heavy (non-hydrogen) atoms. The minimum Gasteiger partial charge on any atom is -0.488 e. The number of thioether (sulfide) groups is 2. The molecule has 0 spiro atoms. The molecule has 16 heteroatoms. The van der Waals surface area contributed by atoms with Gasteiger partial charge in [-0.15, -0.1) is 0 Å². The van der Waals surface area contributed by atoms with Gasteiger partial charge in [-0.25, -0.2) is 9.97 Å². The molecule has 0 bridgehead atoms. The van der Waals surface area contributed by atoms with Crippen molar-refractivity contribution in [3.05, 3.63) is 40.9 Å². The Bertz CT molecular complexity index is 1470. The van der Waals surface area contributed by atoms with Crippen molar-refractivity contribution in [2.45, 2.75) is 36.8 Å². The molecule has 0 aliphatic heterocycles. The van der Waals surface area contributed by atoms with E-state index in [1.165, 1.54) is 0 Å². The minimum absolute atomic E-state index is 0.0131. The summed E-state index contributed by atoms with van der Waals surface area (Å²) in [6, 6.07) is 0. The van der Waals surface area contributed by atoms with Gasteiger partial charge in [-0.3, -0.25) is 30.0 Å². The molecule has 0 unspecified atom stereocenters. The van der Waals surface area contributed by atoms with Gasteiger partial charge in [-0.05, 0) is 12.7 Å². The molecule has 2 aromatic rings. The number of aromatic amines is 1. The molecule has 2 rings (SSSR count). The molecule has 164 valence electrons. The normalized spacial score (nSPS) is 19.9. The van der Waals surface area contributed by atoms with Crippen LogP contribution in [0.1, 0.15) is 45.6 Å². The molecule has 2 aromatic heterocycles. The maximum absolute atomic E-state index is 11.4. The second-order valence-corrected chi connectivity index (χ2v) is 6.44. The fraction of sp³-hybridized carbons (Fsp3) is 0.429. The van der Waals surface area contributed by atoms with E-state index < -0.39 is 91.1 Å². The standard InChI is InChI=1S/C7H7Cl2N3O2S.C7H9N3O4S/c1-2-3-15-7-10-5(8)4(12(13)14)6(9)11-7;1-2-3-15-7-8-5(11)4(10(13)14)6(12)9-7/h2-3H2,1H3;2-3H2,1H3,(H2,8,9,11,12)/i2*1D3,2D2,3D2. The number of halogens is 2. The summed E-state index contributed by atoms with van der Waals surface area (Å²) in [6.45, 7) is -6.56. The summed E-state index contributed by atoms with van der Waals surface area (Å²) in [5, 5.41) is 27.9. The van der Waals surface area contributed by atoms with Gasteiger partial charge in [0.15, 0.2) is 10.3 Å². The van der Waals surface area contributed by atoms with Gasteiger partial charge in [-0.1, -0.05) is 60.4 Å². The highest BCUT2D eigenvalue weighted by Gasteiger charge is 2.22. The van der Waals surface area contributed by atoms with E-state index in [2.05, 4.69) is 15.0 Å². The Morgan fingerprint density at radius 3 is 2.07 bits per heavy atom. The van der Waals surface area contributed by atoms with Crippen LogP contribution in [0.15, 0.2) is 15.1 Å². The van der Waals surface area contributed by atoms with Crippen LogP contribution in [0.3, 0.4) is 0 Å². The third-order valence-electron chi connectivity index (χ3n) is 2.39. The Morgan fingerprint density at radius 2 is 1.60 bits per heavy atom. The predicted octanol–water partition coefficient (Wildman–Crippen LogP) is 4.08. The van der Waals surface area contributed by atoms with Crippen LogP contribution < -0.4 is 5.56 Å². The van der Waals surface area contributed by atoms with Crippen molar-refractivity contribution in [3.63, 3.8) is 0 Å². The largest absolute Gasteiger partial charge is 0.488 e. The molecule has 2 heterocycles. The van der Waals surface area contributed by atoms with Crippen LogP contribution in [-0.2, 0) is 0 Å². The van der Waals surface area contributed by atoms with Crippen LogP contribution in [0.4, 0.5) is 11.4 Å². The molecule has 12 nitrogen and oxygen atoms in total. The molecule has 0 atom stereocenters. The van der Waals surface area contributed by atoms with Crippen LogP contribution in [-0.4, -0.2) is 46.3 Å². The van der Waals surface area contributed by atoms with E-state index in [4.69, 9.17) is 42.4 Å². The molecule has 0 aromatic carbocycles. The van der Waals surface area contributed by atoms with E-state index in [9.17, 15) is 30.1 Å². The monoisotopic (exact) mass is 512 g/mol. The third-order valence-corrected chi connectivity index (χ3v) is 4.08. The molecule has 2 N–H and O–H groups in total. The highest BCUT2D eigenvalue weighted by Crippen LogP contribution is 2.31. The highest BCUT2D eigenvalue weighted by atomic mass is 35.5. The molecular formula is C14H16Cl2N6O6S2. The van der Waals surface area contributed by atoms with Crippen molar-refractivity contribution < 1.29 is 34.1 Å². The summed E-state index contributed by atoms with van der Waals surface area (Å²) in [6.07, 6.45) is -6.56. The molecule has 0 saturated heterocycles. The first-order chi connectivity index (χ1) is 19.4. The molecule has 0 aliphatic carbocycles. The lowest BCUT2D eigenvalue weighted by Crippen LogP contribution is -2.13. The van der Waals surface area contributed by atoms with E-state index in [1.807, 2.05) is 0 Å². The van der Waals surface area contributed by atoms with E-state index in [-0.39, 0.29) is 23.5 Å². The van der Waals surface area contributed by atoms with Crippen LogP contribution in [0.5, 0.6) is 5.88 Å². The zero-order chi connectivity index (χ0) is 35.0. The second-order valence-electron chi connectivity index (χ2n) is 4.15. The quantitative estimate of drug-likeness (QED) is 0.171. The van der Waals surface area contributed by atoms with Crippen LogP contribution in [0.25, 0.3) is 0 Å². The van der Waals surface area contributed by atoms with Gasteiger partial charge in [0.1, 0.15) is 0 Å². The van der Waals surface area contributed by atoms with Gasteiger partial charge in [0.05, 0.1) is 9.85 Å². The van der Waals surface area contributed by atoms with Crippen LogP contribution in [0, 0.1) is 20.2 Å². The summed E-state index contributed by atoms with van der Waals surface area (Å²) in [4.78, 5) is 42.3. The van der Waals surface area contributed by atoms with Gasteiger partial charge in [-0.2, -0.15) is 4.98 Å². The van der Waals surface area contributed by atoms with Gasteiger partial charge >= 0.3 is 16.9 Å². The Hall–Kier alpha value is -2.16. The first-order valence-electron chi connectivity index (χ1n) is 13.6. The number of rotatable bonds is 8. The smallest absolute Gasteiger partial charge is 0.395 e. The van der Waals surface area contributed by atoms with E-state index in [1.54, 1.807) is 4.98 Å². The van der Waals surface area contributed by atoms with Crippen molar-refractivity contribution in [2.75, 3.05) is 11.4 Å². The van der Waals surface area contributed by atoms with Gasteiger partial charge in [0.25, 0.3) is 5.88 Å². The number of nitrogens with zero attached hydrogens (tertiary/aromatic N) is 5. The van der Waals surface area contributed by atoms with Crippen molar-refractivity contribution in [3.8, 4) is 5.88 Å². The summed E-state index contributed by atoms with van der Waals surface area (Å²) >= 11 is 11.0. The third kappa shape index (κ3) is 7.59. The Kier molecular flexibility index (Phi) is 4.78. The lowest BCUT2D eigenvalue weighted by molar-refractivity contribution is -0.387. The topological polar surface area (TPSA) is 178 Å². The van der Waals surface area contributed by atoms with Gasteiger partial charge in [0.2, 0.25) is 10.3 Å². The molecule has 0 saturated carbocycles. The van der Waals surface area contributed by atoms with Crippen molar-refractivity contribution in [2.24, 2.45) is 0 Å². The molecule has 0 aliphatic rings. The zero-order valence-corrected chi connectivity index (χ0v) is 16.9. The number of hydrogen-bond acceptors (Lipinski definition) is 11. The number of nitro groups is 2. The maximum atomic E-state index is 11.4. The number of aromatic nitrogens is 4. The Labute approximate surface area is 207 Å². The Morgan fingerprint density at radius 1 is 1.07 bits per heavy atom. The SMILES string of the molecule is [2H]C([2H])([2H])C([2H])([2H])C([2H])([2H])Sc1nc(Cl)c([N+](=O)[O-])c(Cl)n1.[2H]C([2H])([2H])C([2H])([2H])C([2H])([2H])Sc1nc(O)c([N+](=O)[O-])c(=O)[nH]1. The van der Waals surface area contributed by atoms with Crippen LogP contribution in [0.2, 0.25) is 10.3 Å². The molecule has 0 radical (unpaired) electrons. The molecular weight excluding hydrogens is 483 g/mol. The molecule has 0 fully saturated rings. The average Bonchev–Trinajstić information content (AvgIpc) is 2.75. The number of hydrogen-bond donors (Lipinski definition) is 2. The summed E-state index contributed by atoms with van der Waals surface area (Å²) in [7, 11) is 0. The first kappa shape index (κ1) is 11.5. The van der Waals surface area contributed by atoms with E-state index in [0.29, 0.717) is 0 Å². The number of nitrogens with one attached hydrogen (secondary N) is 1. The lowest BCUT2D eigenvalue weighted by atomic mass is 10.5. The second kappa shape index (κ2) is 12.5. The fourth-order valence-electron chi connectivity index (χ4n) is 1.37. The van der Waals surface area contributed by atoms with E-state index in [0.717, 1.165) is 0 Å². The summed E-state index contributed by atoms with van der Waals surface area (Å²) in [5.41, 5.74) is -9.47. The van der Waals surface area contributed by atoms with Gasteiger partial charge in [0, 0.05) is 30.6 Å².